The summed E-state index contributed by atoms with van der Waals surface area (Å²) < 4.78 is 28.7. The van der Waals surface area contributed by atoms with Crippen LogP contribution in [0.4, 0.5) is 8.78 Å². The van der Waals surface area contributed by atoms with E-state index in [1.54, 1.807) is 30.1 Å². The van der Waals surface area contributed by atoms with E-state index in [0.29, 0.717) is 29.7 Å². The Morgan fingerprint density at radius 3 is 2.58 bits per heavy atom. The number of nitrogens with zero attached hydrogens (tertiary/aromatic N) is 1. The van der Waals surface area contributed by atoms with Crippen LogP contribution in [0.25, 0.3) is 0 Å². The van der Waals surface area contributed by atoms with Crippen LogP contribution in [0.3, 0.4) is 0 Å². The Bertz CT molecular complexity index is 954. The van der Waals surface area contributed by atoms with E-state index in [1.165, 1.54) is 6.07 Å². The van der Waals surface area contributed by atoms with E-state index in [9.17, 15) is 18.4 Å². The third-order valence-electron chi connectivity index (χ3n) is 10.2. The highest BCUT2D eigenvalue weighted by molar-refractivity contribution is 5.82. The summed E-state index contributed by atoms with van der Waals surface area (Å²) in [5.74, 6) is 0.634. The minimum atomic E-state index is -1.40. The zero-order chi connectivity index (χ0) is 23.5. The van der Waals surface area contributed by atoms with E-state index in [1.807, 2.05) is 0 Å². The molecule has 1 aromatic carbocycles. The smallest absolute Gasteiger partial charge is 0.257 e. The molecule has 6 heteroatoms. The van der Waals surface area contributed by atoms with Crippen molar-refractivity contribution in [3.8, 4) is 0 Å². The Labute approximate surface area is 195 Å². The quantitative estimate of drug-likeness (QED) is 0.703. The van der Waals surface area contributed by atoms with Crippen molar-refractivity contribution in [1.82, 2.24) is 10.2 Å². The average Bonchev–Trinajstić information content (AvgIpc) is 3.14. The Hall–Kier alpha value is -1.98. The van der Waals surface area contributed by atoms with Crippen LogP contribution in [0.2, 0.25) is 0 Å². The number of nitrogens with one attached hydrogen (secondary N) is 1. The van der Waals surface area contributed by atoms with E-state index < -0.39 is 6.17 Å². The largest absolute Gasteiger partial charge is 0.352 e. The van der Waals surface area contributed by atoms with Crippen LogP contribution in [0.5, 0.6) is 0 Å². The number of carbonyl (C=O) groups excluding carboxylic acids is 2. The number of carbonyl (C=O) groups is 2. The molecule has 1 heterocycles. The van der Waals surface area contributed by atoms with Gasteiger partial charge in [0.2, 0.25) is 5.91 Å². The molecule has 8 atom stereocenters. The highest BCUT2D eigenvalue weighted by atomic mass is 19.1. The Kier molecular flexibility index (Phi) is 5.56. The molecule has 1 N–H and O–H groups in total. The van der Waals surface area contributed by atoms with Crippen LogP contribution in [0.1, 0.15) is 64.4 Å². The number of amides is 2. The molecule has 0 unspecified atom stereocenters. The summed E-state index contributed by atoms with van der Waals surface area (Å²) in [7, 11) is 1.77. The van der Waals surface area contributed by atoms with E-state index >= 15 is 0 Å². The first-order valence-corrected chi connectivity index (χ1v) is 12.6. The van der Waals surface area contributed by atoms with Crippen molar-refractivity contribution in [2.24, 2.45) is 34.5 Å². The number of fused-ring (bicyclic) bond motifs is 5. The monoisotopic (exact) mass is 458 g/mol. The van der Waals surface area contributed by atoms with Crippen LogP contribution in [-0.4, -0.2) is 36.0 Å². The lowest BCUT2D eigenvalue weighted by Crippen LogP contribution is -2.64. The molecule has 0 radical (unpaired) electrons. The summed E-state index contributed by atoms with van der Waals surface area (Å²) >= 11 is 0. The maximum absolute atomic E-state index is 14.7. The summed E-state index contributed by atoms with van der Waals surface area (Å²) in [4.78, 5) is 27.2. The van der Waals surface area contributed by atoms with Crippen LogP contribution in [-0.2, 0) is 16.1 Å². The Morgan fingerprint density at radius 1 is 1.09 bits per heavy atom. The minimum Gasteiger partial charge on any atom is -0.352 e. The lowest BCUT2D eigenvalue weighted by molar-refractivity contribution is -0.169. The van der Waals surface area contributed by atoms with Gasteiger partial charge in [-0.1, -0.05) is 32.0 Å². The van der Waals surface area contributed by atoms with Crippen molar-refractivity contribution in [1.29, 1.82) is 0 Å². The van der Waals surface area contributed by atoms with E-state index in [-0.39, 0.29) is 47.0 Å². The summed E-state index contributed by atoms with van der Waals surface area (Å²) in [6.07, 6.45) is 4.71. The molecule has 0 aromatic heterocycles. The highest BCUT2D eigenvalue weighted by Gasteiger charge is 2.63. The maximum Gasteiger partial charge on any atom is 0.257 e. The molecule has 0 spiro atoms. The summed E-state index contributed by atoms with van der Waals surface area (Å²) in [5, 5.41) is 3.01. The van der Waals surface area contributed by atoms with Crippen LogP contribution in [0, 0.1) is 40.3 Å². The van der Waals surface area contributed by atoms with E-state index in [0.717, 1.165) is 38.5 Å². The SMILES string of the molecule is CN1C(=O)[C@H](F)C[C@]2(C)[C@H]3CC[C@]4(C)[C@@H](C(=O)NCc5ccccc5F)CC[C@H]4[C@@H]3CC[C@@H]12. The van der Waals surface area contributed by atoms with Gasteiger partial charge in [-0.25, -0.2) is 8.78 Å². The van der Waals surface area contributed by atoms with Gasteiger partial charge in [0.05, 0.1) is 0 Å². The topological polar surface area (TPSA) is 49.4 Å². The predicted octanol–water partition coefficient (Wildman–Crippen LogP) is 4.87. The van der Waals surface area contributed by atoms with Gasteiger partial charge in [0.15, 0.2) is 6.17 Å². The summed E-state index contributed by atoms with van der Waals surface area (Å²) in [6, 6.07) is 6.69. The van der Waals surface area contributed by atoms with Gasteiger partial charge in [-0.2, -0.15) is 0 Å². The molecule has 5 rings (SSSR count). The van der Waals surface area contributed by atoms with Crippen molar-refractivity contribution in [2.45, 2.75) is 77.6 Å². The van der Waals surface area contributed by atoms with Gasteiger partial charge in [0.25, 0.3) is 5.91 Å². The zero-order valence-corrected chi connectivity index (χ0v) is 19.9. The van der Waals surface area contributed by atoms with Gasteiger partial charge in [-0.3, -0.25) is 9.59 Å². The summed E-state index contributed by atoms with van der Waals surface area (Å²) in [5.41, 5.74) is 0.240. The lowest BCUT2D eigenvalue weighted by atomic mass is 9.46. The van der Waals surface area contributed by atoms with Crippen molar-refractivity contribution >= 4 is 11.8 Å². The second-order valence-electron chi connectivity index (χ2n) is 11.6. The lowest BCUT2D eigenvalue weighted by Gasteiger charge is -2.62. The summed E-state index contributed by atoms with van der Waals surface area (Å²) in [6.45, 7) is 4.70. The minimum absolute atomic E-state index is 0.0356. The predicted molar refractivity (Wildman–Crippen MR) is 122 cm³/mol. The molecule has 1 aromatic rings. The molecule has 4 fully saturated rings. The fourth-order valence-corrected chi connectivity index (χ4v) is 8.59. The van der Waals surface area contributed by atoms with Crippen molar-refractivity contribution in [3.63, 3.8) is 0 Å². The Morgan fingerprint density at radius 2 is 1.82 bits per heavy atom. The molecular formula is C27H36F2N2O2. The molecule has 33 heavy (non-hydrogen) atoms. The number of hydrogen-bond acceptors (Lipinski definition) is 2. The molecular weight excluding hydrogens is 422 g/mol. The van der Waals surface area contributed by atoms with Gasteiger partial charge in [-0.15, -0.1) is 0 Å². The molecule has 1 saturated heterocycles. The van der Waals surface area contributed by atoms with Crippen molar-refractivity contribution in [3.05, 3.63) is 35.6 Å². The standard InChI is InChI=1S/C27H36F2N2O2/c1-26-13-12-19-17(8-11-23-27(19,2)14-22(29)25(33)31(23)3)18(26)9-10-20(26)24(32)30-15-16-6-4-5-7-21(16)28/h4-7,17-20,22-23H,8-15H2,1-3H3,(H,30,32)/t17-,18-,19-,20+,22+,23+,26-,27+/m0/s1. The van der Waals surface area contributed by atoms with Gasteiger partial charge in [0.1, 0.15) is 5.82 Å². The third kappa shape index (κ3) is 3.42. The molecule has 0 bridgehead atoms. The van der Waals surface area contributed by atoms with Crippen LogP contribution in [0.15, 0.2) is 24.3 Å². The third-order valence-corrected chi connectivity index (χ3v) is 10.2. The first-order valence-electron chi connectivity index (χ1n) is 12.6. The second-order valence-corrected chi connectivity index (χ2v) is 11.6. The normalized spacial score (nSPS) is 42.3. The number of alkyl halides is 1. The van der Waals surface area contributed by atoms with Crippen molar-refractivity contribution in [2.75, 3.05) is 7.05 Å². The van der Waals surface area contributed by atoms with Gasteiger partial charge < -0.3 is 10.2 Å². The molecule has 3 aliphatic carbocycles. The molecule has 3 saturated carbocycles. The molecule has 4 nitrogen and oxygen atoms in total. The maximum atomic E-state index is 14.7. The van der Waals surface area contributed by atoms with Crippen molar-refractivity contribution < 1.29 is 18.4 Å². The van der Waals surface area contributed by atoms with E-state index in [2.05, 4.69) is 19.2 Å². The fourth-order valence-electron chi connectivity index (χ4n) is 8.59. The molecule has 2 amide bonds. The number of piperidine rings is 1. The molecule has 1 aliphatic heterocycles. The first-order chi connectivity index (χ1) is 15.7. The van der Waals surface area contributed by atoms with Gasteiger partial charge in [0, 0.05) is 31.1 Å². The van der Waals surface area contributed by atoms with Gasteiger partial charge >= 0.3 is 0 Å². The van der Waals surface area contributed by atoms with Crippen LogP contribution >= 0.6 is 0 Å². The number of benzene rings is 1. The number of halogens is 2. The highest BCUT2D eigenvalue weighted by Crippen LogP contribution is 2.66. The number of rotatable bonds is 3. The van der Waals surface area contributed by atoms with Crippen LogP contribution < -0.4 is 5.32 Å². The zero-order valence-electron chi connectivity index (χ0n) is 19.9. The molecule has 180 valence electrons. The first kappa shape index (κ1) is 22.8. The second kappa shape index (κ2) is 8.06. The van der Waals surface area contributed by atoms with E-state index in [4.69, 9.17) is 0 Å². The molecule has 4 aliphatic rings. The van der Waals surface area contributed by atoms with Gasteiger partial charge in [-0.05, 0) is 79.6 Å². The Balaban J connectivity index is 1.32. The number of likely N-dealkylation sites (tertiary alicyclic amines) is 1. The number of hydrogen-bond donors (Lipinski definition) is 1. The average molecular weight is 459 g/mol. The fraction of sp³-hybridized carbons (Fsp3) is 0.704.